The Kier molecular flexibility index (Phi) is 17.4. The molecular weight excluding hydrogens is 989 g/mol. The van der Waals surface area contributed by atoms with E-state index in [1.165, 1.54) is 44.3 Å². The molecule has 4 unspecified atom stereocenters. The van der Waals surface area contributed by atoms with Crippen LogP contribution in [0.5, 0.6) is 0 Å². The third-order valence-corrected chi connectivity index (χ3v) is 18.4. The molecule has 420 valence electrons. The second-order valence-electron chi connectivity index (χ2n) is 23.6. The predicted octanol–water partition coefficient (Wildman–Crippen LogP) is 10.1. The summed E-state index contributed by atoms with van der Waals surface area (Å²) in [6.45, 7) is 10.5. The number of nitrogens with zero attached hydrogens (tertiary/aromatic N) is 4. The first-order chi connectivity index (χ1) is 38.3. The molecule has 6 aromatic rings. The van der Waals surface area contributed by atoms with Gasteiger partial charge in [-0.3, -0.25) is 19.2 Å². The van der Waals surface area contributed by atoms with Crippen molar-refractivity contribution in [3.8, 4) is 0 Å². The first-order valence-corrected chi connectivity index (χ1v) is 29.3. The molecule has 4 amide bonds. The van der Waals surface area contributed by atoms with Crippen LogP contribution in [-0.4, -0.2) is 108 Å². The number of benzene rings is 4. The zero-order valence-electron chi connectivity index (χ0n) is 47.2. The van der Waals surface area contributed by atoms with Gasteiger partial charge < -0.3 is 50.5 Å². The molecule has 79 heavy (non-hydrogen) atoms. The topological polar surface area (TPSA) is 179 Å². The maximum atomic E-state index is 14.3. The number of carbonyl (C=O) groups is 4. The Balaban J connectivity index is 0.691. The van der Waals surface area contributed by atoms with E-state index in [1.54, 1.807) is 14.2 Å². The highest BCUT2D eigenvalue weighted by atomic mass is 16.5. The molecule has 0 spiro atoms. The number of carbonyl (C=O) groups excluding carboxylic acids is 4. The number of ether oxygens (including phenoxy) is 2. The van der Waals surface area contributed by atoms with Gasteiger partial charge in [0.05, 0.1) is 10.8 Å². The molecule has 2 aromatic heterocycles. The Morgan fingerprint density at radius 2 is 0.975 bits per heavy atom. The van der Waals surface area contributed by atoms with Gasteiger partial charge in [-0.25, -0.2) is 0 Å². The molecule has 14 heteroatoms. The normalized spacial score (nSPS) is 19.5. The Hall–Kier alpha value is -6.32. The Bertz CT molecular complexity index is 3120. The van der Waals surface area contributed by atoms with Crippen LogP contribution in [0.1, 0.15) is 129 Å². The molecule has 6 N–H and O–H groups in total. The smallest absolute Gasteiger partial charge is 0.231 e. The maximum absolute atomic E-state index is 14.3. The number of aromatic nitrogens is 2. The van der Waals surface area contributed by atoms with Crippen LogP contribution in [0, 0.1) is 24.7 Å². The number of hydrogen-bond donors (Lipinski definition) is 4. The molecular formula is C65H84N8O6. The van der Waals surface area contributed by atoms with Gasteiger partial charge in [0.25, 0.3) is 0 Å². The Morgan fingerprint density at radius 3 is 1.35 bits per heavy atom. The highest BCUT2D eigenvalue weighted by Gasteiger charge is 2.69. The molecule has 0 bridgehead atoms. The fraction of sp³-hybridized carbons (Fsp3) is 0.508. The van der Waals surface area contributed by atoms with Crippen molar-refractivity contribution in [1.82, 2.24) is 18.9 Å². The van der Waals surface area contributed by atoms with Crippen LogP contribution in [0.2, 0.25) is 0 Å². The van der Waals surface area contributed by atoms with E-state index in [2.05, 4.69) is 82.1 Å². The van der Waals surface area contributed by atoms with E-state index >= 15 is 0 Å². The summed E-state index contributed by atoms with van der Waals surface area (Å²) in [6, 6.07) is 32.0. The highest BCUT2D eigenvalue weighted by Crippen LogP contribution is 2.67. The predicted molar refractivity (Wildman–Crippen MR) is 314 cm³/mol. The second kappa shape index (κ2) is 24.6. The number of methoxy groups -OCH3 is 2. The van der Waals surface area contributed by atoms with Crippen molar-refractivity contribution in [1.29, 1.82) is 0 Å². The minimum absolute atomic E-state index is 0.0924. The average Bonchev–Trinajstić information content (AvgIpc) is 3.77. The lowest BCUT2D eigenvalue weighted by molar-refractivity contribution is -0.145. The summed E-state index contributed by atoms with van der Waals surface area (Å²) in [5, 5.41) is 8.89. The first kappa shape index (κ1) is 56.0. The van der Waals surface area contributed by atoms with Gasteiger partial charge in [0.1, 0.15) is 0 Å². The molecule has 4 aromatic carbocycles. The first-order valence-electron chi connectivity index (χ1n) is 29.3. The number of nitrogens with one attached hydrogen (secondary N) is 2. The van der Waals surface area contributed by atoms with Crippen molar-refractivity contribution < 1.29 is 28.7 Å². The van der Waals surface area contributed by atoms with E-state index in [1.807, 2.05) is 58.3 Å². The van der Waals surface area contributed by atoms with Crippen molar-refractivity contribution in [3.63, 3.8) is 0 Å². The van der Waals surface area contributed by atoms with Crippen LogP contribution in [0.15, 0.2) is 97.1 Å². The van der Waals surface area contributed by atoms with E-state index < -0.39 is 10.8 Å². The van der Waals surface area contributed by atoms with Gasteiger partial charge in [-0.1, -0.05) is 67.1 Å². The largest absolute Gasteiger partial charge is 0.385 e. The number of fused-ring (bicyclic) bond motifs is 2. The third-order valence-electron chi connectivity index (χ3n) is 18.4. The minimum atomic E-state index is -0.778. The van der Waals surface area contributed by atoms with Gasteiger partial charge in [0.2, 0.25) is 23.6 Å². The summed E-state index contributed by atoms with van der Waals surface area (Å²) in [6.07, 6.45) is 11.0. The monoisotopic (exact) mass is 1070 g/mol. The van der Waals surface area contributed by atoms with Gasteiger partial charge in [-0.2, -0.15) is 0 Å². The molecule has 2 aliphatic heterocycles. The van der Waals surface area contributed by atoms with E-state index in [9.17, 15) is 19.2 Å². The number of rotatable bonds is 23. The van der Waals surface area contributed by atoms with Crippen molar-refractivity contribution in [3.05, 3.63) is 131 Å². The Labute approximate surface area is 466 Å². The molecule has 4 fully saturated rings. The second-order valence-corrected chi connectivity index (χ2v) is 23.6. The van der Waals surface area contributed by atoms with Crippen LogP contribution in [0.3, 0.4) is 0 Å². The van der Waals surface area contributed by atoms with Crippen molar-refractivity contribution >= 4 is 56.8 Å². The minimum Gasteiger partial charge on any atom is -0.385 e. The molecule has 2 saturated carbocycles. The summed E-state index contributed by atoms with van der Waals surface area (Å²) in [5.74, 6) is 0.469. The SMILES string of the molecule is COCCCn1c(C2CCCN(C(=O)CC(N)Cc3ccc(NC(=O)C4(C5(C(=O)Nc6ccc(CC(N)CC(=O)N7CCCC(c8c(C)c9ccccc9n8CCCOC)C7)cc6)CC5)CCC4)cc3)C2)c(C)c2ccccc21. The van der Waals surface area contributed by atoms with Crippen molar-refractivity contribution in [2.45, 2.75) is 147 Å². The van der Waals surface area contributed by atoms with Gasteiger partial charge in [0.15, 0.2) is 0 Å². The molecule has 4 atom stereocenters. The number of likely N-dealkylation sites (tertiary alicyclic amines) is 2. The van der Waals surface area contributed by atoms with Gasteiger partial charge in [-0.15, -0.1) is 0 Å². The molecule has 4 heterocycles. The molecule has 4 aliphatic rings. The van der Waals surface area contributed by atoms with Gasteiger partial charge in [0, 0.05) is 148 Å². The summed E-state index contributed by atoms with van der Waals surface area (Å²) >= 11 is 0. The zero-order chi connectivity index (χ0) is 55.3. The molecule has 10 rings (SSSR count). The lowest BCUT2D eigenvalue weighted by Gasteiger charge is -2.46. The van der Waals surface area contributed by atoms with Crippen molar-refractivity contribution in [2.75, 3.05) is 64.2 Å². The molecule has 14 nitrogen and oxygen atoms in total. The summed E-state index contributed by atoms with van der Waals surface area (Å²) in [4.78, 5) is 60.1. The number of anilines is 2. The summed E-state index contributed by atoms with van der Waals surface area (Å²) in [5.41, 5.74) is 22.9. The van der Waals surface area contributed by atoms with E-state index in [-0.39, 0.29) is 60.4 Å². The number of aryl methyl sites for hydroxylation is 4. The third kappa shape index (κ3) is 11.8. The number of piperidine rings is 2. The van der Waals surface area contributed by atoms with E-state index in [0.29, 0.717) is 76.2 Å². The van der Waals surface area contributed by atoms with E-state index in [4.69, 9.17) is 20.9 Å². The molecule has 2 saturated heterocycles. The number of nitrogens with two attached hydrogens (primary N) is 2. The lowest BCUT2D eigenvalue weighted by Crippen LogP contribution is -2.53. The summed E-state index contributed by atoms with van der Waals surface area (Å²) in [7, 11) is 3.49. The standard InChI is InChI=1S/C65H84N8O6/c1-44-54-16-5-7-18-56(54)72(34-12-36-78-3)60(44)48-14-9-32-70(42-48)58(74)40-50(66)38-46-20-24-52(25-21-46)68-62(76)64(28-11-29-64)65(30-31-65)63(77)69-53-26-22-47(23-27-53)39-51(67)41-59(75)71-33-10-15-49(43-71)61-45(2)55-17-6-8-19-57(55)73(61)35-13-37-79-4/h5-8,16-27,48-51H,9-15,28-43,66-67H2,1-4H3,(H,68,76)(H,69,77). The van der Waals surface area contributed by atoms with Crippen LogP contribution in [0.4, 0.5) is 11.4 Å². The number of para-hydroxylation sites is 2. The molecule has 2 aliphatic carbocycles. The average molecular weight is 1070 g/mol. The van der Waals surface area contributed by atoms with Gasteiger partial charge in [-0.05, 0) is 150 Å². The maximum Gasteiger partial charge on any atom is 0.231 e. The fourth-order valence-electron chi connectivity index (χ4n) is 14.0. The van der Waals surface area contributed by atoms with Crippen LogP contribution < -0.4 is 22.1 Å². The highest BCUT2D eigenvalue weighted by molar-refractivity contribution is 6.06. The van der Waals surface area contributed by atoms with Crippen LogP contribution >= 0.6 is 0 Å². The van der Waals surface area contributed by atoms with Crippen molar-refractivity contribution in [2.24, 2.45) is 22.3 Å². The van der Waals surface area contributed by atoms with E-state index in [0.717, 1.165) is 82.3 Å². The summed E-state index contributed by atoms with van der Waals surface area (Å²) < 4.78 is 15.7. The Morgan fingerprint density at radius 1 is 0.570 bits per heavy atom. The number of amides is 4. The zero-order valence-corrected chi connectivity index (χ0v) is 47.2. The lowest BCUT2D eigenvalue weighted by atomic mass is 9.57. The fourth-order valence-corrected chi connectivity index (χ4v) is 14.0. The van der Waals surface area contributed by atoms with Crippen LogP contribution in [0.25, 0.3) is 21.8 Å². The quantitative estimate of drug-likeness (QED) is 0.0458. The number of hydrogen-bond acceptors (Lipinski definition) is 8. The molecule has 0 radical (unpaired) electrons. The van der Waals surface area contributed by atoms with Gasteiger partial charge >= 0.3 is 0 Å². The van der Waals surface area contributed by atoms with Crippen LogP contribution in [-0.2, 0) is 54.6 Å².